The van der Waals surface area contributed by atoms with Crippen molar-refractivity contribution in [2.45, 2.75) is 45.3 Å². The average molecular weight is 401 g/mol. The summed E-state index contributed by atoms with van der Waals surface area (Å²) in [5.41, 5.74) is 3.35. The summed E-state index contributed by atoms with van der Waals surface area (Å²) in [7, 11) is 0. The topological polar surface area (TPSA) is 18.5 Å². The molecular weight excluding hydrogens is 379 g/mol. The zero-order valence-corrected chi connectivity index (χ0v) is 17.4. The van der Waals surface area contributed by atoms with E-state index in [0.29, 0.717) is 10.0 Å². The van der Waals surface area contributed by atoms with Crippen LogP contribution in [-0.4, -0.2) is 11.2 Å². The van der Waals surface area contributed by atoms with Crippen molar-refractivity contribution in [1.29, 1.82) is 0 Å². The quantitative estimate of drug-likeness (QED) is 0.500. The van der Waals surface area contributed by atoms with Gasteiger partial charge in [0.15, 0.2) is 0 Å². The molecule has 0 saturated carbocycles. The molecule has 0 spiro atoms. The highest BCUT2D eigenvalue weighted by Crippen LogP contribution is 2.48. The Morgan fingerprint density at radius 3 is 2.37 bits per heavy atom. The minimum Gasteiger partial charge on any atom is -0.486 e. The Morgan fingerprint density at radius 1 is 0.963 bits per heavy atom. The van der Waals surface area contributed by atoms with Gasteiger partial charge < -0.3 is 9.47 Å². The second-order valence-corrected chi connectivity index (χ2v) is 9.05. The van der Waals surface area contributed by atoms with Crippen LogP contribution in [0.15, 0.2) is 36.4 Å². The fourth-order valence-corrected chi connectivity index (χ4v) is 4.12. The van der Waals surface area contributed by atoms with E-state index in [-0.39, 0.29) is 11.2 Å². The van der Waals surface area contributed by atoms with Gasteiger partial charge in [0.25, 0.3) is 0 Å². The van der Waals surface area contributed by atoms with Crippen LogP contribution >= 0.6 is 23.2 Å². The molecule has 27 heavy (non-hydrogen) atoms. The van der Waals surface area contributed by atoms with E-state index in [1.165, 1.54) is 0 Å². The predicted molar refractivity (Wildman–Crippen MR) is 114 cm³/mol. The number of hydrogen-bond donors (Lipinski definition) is 0. The lowest BCUT2D eigenvalue weighted by Crippen LogP contribution is -2.33. The summed E-state index contributed by atoms with van der Waals surface area (Å²) in [5.74, 6) is 1.69. The monoisotopic (exact) mass is 400 g/mol. The maximum atomic E-state index is 6.40. The lowest BCUT2D eigenvalue weighted by Gasteiger charge is -2.37. The first-order chi connectivity index (χ1) is 12.7. The Hall–Kier alpha value is -1.90. The normalized spacial score (nSPS) is 20.4. The first kappa shape index (κ1) is 18.5. The molecule has 2 aromatic carbocycles. The second-order valence-electron chi connectivity index (χ2n) is 8.24. The van der Waals surface area contributed by atoms with Gasteiger partial charge >= 0.3 is 0 Å². The highest BCUT2D eigenvalue weighted by atomic mass is 35.5. The Bertz CT molecular complexity index is 964. The van der Waals surface area contributed by atoms with Crippen LogP contribution in [0.4, 0.5) is 0 Å². The Labute approximate surface area is 170 Å². The summed E-state index contributed by atoms with van der Waals surface area (Å²) >= 11 is 12.8. The number of halogens is 2. The van der Waals surface area contributed by atoms with Crippen LogP contribution in [0.1, 0.15) is 50.8 Å². The Balaban J connectivity index is 1.90. The standard InChI is InChI=1S/C23H22Cl2O2/c1-22(2)11-10-16-20(26-22)9-8-15-14(13-23(3,4)27-21(15)16)12-17-18(24)6-5-7-19(17)25/h5-12H,13H2,1-4H3/b14-12+. The summed E-state index contributed by atoms with van der Waals surface area (Å²) in [4.78, 5) is 0. The largest absolute Gasteiger partial charge is 0.486 e. The molecule has 4 rings (SSSR count). The van der Waals surface area contributed by atoms with Crippen LogP contribution in [0, 0.1) is 0 Å². The van der Waals surface area contributed by atoms with Crippen molar-refractivity contribution < 1.29 is 9.47 Å². The minimum atomic E-state index is -0.345. The van der Waals surface area contributed by atoms with Gasteiger partial charge in [0.2, 0.25) is 0 Å². The molecule has 0 bridgehead atoms. The summed E-state index contributed by atoms with van der Waals surface area (Å²) in [6.07, 6.45) is 7.00. The highest BCUT2D eigenvalue weighted by Gasteiger charge is 2.34. The second kappa shape index (κ2) is 6.32. The first-order valence-corrected chi connectivity index (χ1v) is 9.80. The molecule has 0 radical (unpaired) electrons. The van der Waals surface area contributed by atoms with E-state index in [0.717, 1.165) is 40.2 Å². The molecule has 2 nitrogen and oxygen atoms in total. The third-order valence-corrected chi connectivity index (χ3v) is 5.50. The van der Waals surface area contributed by atoms with Crippen molar-refractivity contribution in [1.82, 2.24) is 0 Å². The third-order valence-electron chi connectivity index (χ3n) is 4.84. The molecule has 0 amide bonds. The molecule has 140 valence electrons. The van der Waals surface area contributed by atoms with Gasteiger partial charge in [-0.05, 0) is 75.8 Å². The molecule has 0 saturated heterocycles. The summed E-state index contributed by atoms with van der Waals surface area (Å²) in [6, 6.07) is 9.65. The van der Waals surface area contributed by atoms with Crippen LogP contribution in [-0.2, 0) is 0 Å². The SMILES string of the molecule is CC1(C)C=Cc2c(ccc3c2OC(C)(C)C/C3=C\c2c(Cl)cccc2Cl)O1. The van der Waals surface area contributed by atoms with Gasteiger partial charge in [-0.3, -0.25) is 0 Å². The van der Waals surface area contributed by atoms with Gasteiger partial charge in [-0.25, -0.2) is 0 Å². The van der Waals surface area contributed by atoms with Gasteiger partial charge in [-0.15, -0.1) is 0 Å². The highest BCUT2D eigenvalue weighted by molar-refractivity contribution is 6.37. The number of ether oxygens (including phenoxy) is 2. The predicted octanol–water partition coefficient (Wildman–Crippen LogP) is 7.28. The fourth-order valence-electron chi connectivity index (χ4n) is 3.61. The van der Waals surface area contributed by atoms with Crippen LogP contribution in [0.3, 0.4) is 0 Å². The number of fused-ring (bicyclic) bond motifs is 3. The van der Waals surface area contributed by atoms with Crippen LogP contribution in [0.25, 0.3) is 17.7 Å². The molecule has 4 heteroatoms. The van der Waals surface area contributed by atoms with E-state index in [2.05, 4.69) is 38.1 Å². The maximum absolute atomic E-state index is 6.40. The van der Waals surface area contributed by atoms with Gasteiger partial charge in [0.05, 0.1) is 5.56 Å². The van der Waals surface area contributed by atoms with Gasteiger partial charge in [0, 0.05) is 27.6 Å². The van der Waals surface area contributed by atoms with E-state index in [9.17, 15) is 0 Å². The summed E-state index contributed by atoms with van der Waals surface area (Å²) < 4.78 is 12.5. The van der Waals surface area contributed by atoms with Crippen molar-refractivity contribution in [3.63, 3.8) is 0 Å². The molecule has 0 aliphatic carbocycles. The number of rotatable bonds is 1. The molecule has 0 aromatic heterocycles. The van der Waals surface area contributed by atoms with E-state index in [4.69, 9.17) is 32.7 Å². The smallest absolute Gasteiger partial charge is 0.138 e. The van der Waals surface area contributed by atoms with Crippen molar-refractivity contribution >= 4 is 40.9 Å². The van der Waals surface area contributed by atoms with Gasteiger partial charge in [-0.1, -0.05) is 29.3 Å². The zero-order valence-electron chi connectivity index (χ0n) is 15.9. The lowest BCUT2D eigenvalue weighted by atomic mass is 9.86. The van der Waals surface area contributed by atoms with Crippen molar-refractivity contribution in [3.05, 3.63) is 63.1 Å². The van der Waals surface area contributed by atoms with Crippen molar-refractivity contribution in [2.75, 3.05) is 0 Å². The van der Waals surface area contributed by atoms with Crippen LogP contribution in [0.2, 0.25) is 10.0 Å². The lowest BCUT2D eigenvalue weighted by molar-refractivity contribution is 0.105. The molecule has 2 heterocycles. The molecule has 0 fully saturated rings. The molecule has 2 aromatic rings. The molecule has 0 atom stereocenters. The van der Waals surface area contributed by atoms with Crippen molar-refractivity contribution in [2.24, 2.45) is 0 Å². The van der Waals surface area contributed by atoms with Crippen LogP contribution < -0.4 is 9.47 Å². The molecule has 2 aliphatic rings. The Morgan fingerprint density at radius 2 is 1.67 bits per heavy atom. The number of benzene rings is 2. The van der Waals surface area contributed by atoms with Gasteiger partial charge in [0.1, 0.15) is 22.7 Å². The van der Waals surface area contributed by atoms with E-state index in [1.54, 1.807) is 0 Å². The molecule has 0 unspecified atom stereocenters. The van der Waals surface area contributed by atoms with Crippen LogP contribution in [0.5, 0.6) is 11.5 Å². The van der Waals surface area contributed by atoms with E-state index >= 15 is 0 Å². The maximum Gasteiger partial charge on any atom is 0.138 e. The summed E-state index contributed by atoms with van der Waals surface area (Å²) in [6.45, 7) is 8.27. The zero-order chi connectivity index (χ0) is 19.4. The van der Waals surface area contributed by atoms with E-state index in [1.807, 2.05) is 38.1 Å². The van der Waals surface area contributed by atoms with Gasteiger partial charge in [-0.2, -0.15) is 0 Å². The van der Waals surface area contributed by atoms with Crippen molar-refractivity contribution in [3.8, 4) is 11.5 Å². The molecular formula is C23H22Cl2O2. The molecule has 2 aliphatic heterocycles. The summed E-state index contributed by atoms with van der Waals surface area (Å²) in [5, 5.41) is 1.28. The molecule has 0 N–H and O–H groups in total. The first-order valence-electron chi connectivity index (χ1n) is 9.04. The Kier molecular flexibility index (Phi) is 4.32. The number of hydrogen-bond acceptors (Lipinski definition) is 2. The fraction of sp³-hybridized carbons (Fsp3) is 0.304. The third kappa shape index (κ3) is 3.49. The average Bonchev–Trinajstić information content (AvgIpc) is 2.56. The minimum absolute atomic E-state index is 0.324. The van der Waals surface area contributed by atoms with E-state index < -0.39 is 0 Å².